The Hall–Kier alpha value is -1.28. The number of benzene rings is 1. The van der Waals surface area contributed by atoms with Crippen molar-refractivity contribution in [3.63, 3.8) is 0 Å². The molecular formula is C17H24N2. The van der Waals surface area contributed by atoms with Gasteiger partial charge >= 0.3 is 0 Å². The van der Waals surface area contributed by atoms with Gasteiger partial charge in [0.1, 0.15) is 0 Å². The monoisotopic (exact) mass is 256 g/mol. The average Bonchev–Trinajstić information content (AvgIpc) is 3.08. The van der Waals surface area contributed by atoms with Crippen LogP contribution in [0.15, 0.2) is 30.5 Å². The van der Waals surface area contributed by atoms with Crippen LogP contribution < -0.4 is 5.32 Å². The van der Waals surface area contributed by atoms with Gasteiger partial charge < -0.3 is 10.3 Å². The van der Waals surface area contributed by atoms with E-state index in [-0.39, 0.29) is 0 Å². The van der Waals surface area contributed by atoms with Gasteiger partial charge in [-0.25, -0.2) is 0 Å². The molecule has 0 unspecified atom stereocenters. The van der Waals surface area contributed by atoms with Gasteiger partial charge in [0.25, 0.3) is 0 Å². The van der Waals surface area contributed by atoms with Crippen molar-refractivity contribution in [1.82, 2.24) is 10.3 Å². The summed E-state index contributed by atoms with van der Waals surface area (Å²) in [5.41, 5.74) is 2.61. The Morgan fingerprint density at radius 1 is 1.16 bits per heavy atom. The molecule has 102 valence electrons. The van der Waals surface area contributed by atoms with Crippen LogP contribution in [0.1, 0.15) is 44.1 Å². The van der Waals surface area contributed by atoms with Crippen LogP contribution >= 0.6 is 0 Å². The van der Waals surface area contributed by atoms with E-state index in [2.05, 4.69) is 34.6 Å². The molecule has 1 aliphatic rings. The lowest BCUT2D eigenvalue weighted by Gasteiger charge is -2.09. The van der Waals surface area contributed by atoms with E-state index in [4.69, 9.17) is 0 Å². The first kappa shape index (κ1) is 12.7. The van der Waals surface area contributed by atoms with E-state index in [0.717, 1.165) is 19.0 Å². The molecule has 2 heteroatoms. The van der Waals surface area contributed by atoms with Crippen molar-refractivity contribution in [2.75, 3.05) is 6.54 Å². The maximum absolute atomic E-state index is 3.57. The summed E-state index contributed by atoms with van der Waals surface area (Å²) in [5, 5.41) is 4.88. The standard InChI is InChI=1S/C17H24N2/c1-2-5-14(4-1)6-3-10-18-13-15-7-8-17-16(12-15)9-11-19-17/h7-9,11-12,14,18-19H,1-6,10,13H2. The van der Waals surface area contributed by atoms with Gasteiger partial charge in [-0.15, -0.1) is 0 Å². The molecule has 2 N–H and O–H groups in total. The van der Waals surface area contributed by atoms with Crippen molar-refractivity contribution < 1.29 is 0 Å². The predicted octanol–water partition coefficient (Wildman–Crippen LogP) is 4.23. The number of aromatic amines is 1. The number of aromatic nitrogens is 1. The summed E-state index contributed by atoms with van der Waals surface area (Å²) in [5.74, 6) is 1.03. The highest BCUT2D eigenvalue weighted by molar-refractivity contribution is 5.79. The number of hydrogen-bond donors (Lipinski definition) is 2. The van der Waals surface area contributed by atoms with Crippen LogP contribution in [-0.2, 0) is 6.54 Å². The van der Waals surface area contributed by atoms with Gasteiger partial charge in [-0.2, -0.15) is 0 Å². The SMILES string of the molecule is c1cc2cc(CNCCCC3CCCC3)ccc2[nH]1. The summed E-state index contributed by atoms with van der Waals surface area (Å²) < 4.78 is 0. The normalized spacial score (nSPS) is 16.4. The Bertz CT molecular complexity index is 509. The molecule has 0 amide bonds. The predicted molar refractivity (Wildman–Crippen MR) is 81.2 cm³/mol. The van der Waals surface area contributed by atoms with E-state index < -0.39 is 0 Å². The Morgan fingerprint density at radius 3 is 2.95 bits per heavy atom. The molecule has 0 spiro atoms. The molecule has 1 saturated carbocycles. The summed E-state index contributed by atoms with van der Waals surface area (Å²) in [7, 11) is 0. The van der Waals surface area contributed by atoms with E-state index >= 15 is 0 Å². The van der Waals surface area contributed by atoms with Gasteiger partial charge in [0.15, 0.2) is 0 Å². The molecule has 1 heterocycles. The highest BCUT2D eigenvalue weighted by Gasteiger charge is 2.13. The number of fused-ring (bicyclic) bond motifs is 1. The molecule has 1 aliphatic carbocycles. The van der Waals surface area contributed by atoms with Crippen molar-refractivity contribution in [2.24, 2.45) is 5.92 Å². The summed E-state index contributed by atoms with van der Waals surface area (Å²) in [6.45, 7) is 2.15. The third-order valence-electron chi connectivity index (χ3n) is 4.39. The van der Waals surface area contributed by atoms with Crippen molar-refractivity contribution in [3.05, 3.63) is 36.0 Å². The molecule has 0 atom stereocenters. The first-order valence-corrected chi connectivity index (χ1v) is 7.68. The van der Waals surface area contributed by atoms with Gasteiger partial charge in [-0.1, -0.05) is 31.7 Å². The van der Waals surface area contributed by atoms with Crippen LogP contribution in [0.3, 0.4) is 0 Å². The second kappa shape index (κ2) is 6.25. The van der Waals surface area contributed by atoms with Crippen LogP contribution in [0, 0.1) is 5.92 Å². The number of H-pyrrole nitrogens is 1. The average molecular weight is 256 g/mol. The summed E-state index contributed by atoms with van der Waals surface area (Å²) in [4.78, 5) is 3.23. The van der Waals surface area contributed by atoms with E-state index in [0.29, 0.717) is 0 Å². The molecule has 0 radical (unpaired) electrons. The smallest absolute Gasteiger partial charge is 0.0454 e. The third kappa shape index (κ3) is 3.38. The first-order valence-electron chi connectivity index (χ1n) is 7.68. The molecule has 1 fully saturated rings. The van der Waals surface area contributed by atoms with E-state index in [1.165, 1.54) is 55.0 Å². The largest absolute Gasteiger partial charge is 0.361 e. The first-order chi connectivity index (χ1) is 9.42. The number of rotatable bonds is 6. The number of nitrogens with one attached hydrogen (secondary N) is 2. The quantitative estimate of drug-likeness (QED) is 0.744. The fraction of sp³-hybridized carbons (Fsp3) is 0.529. The molecule has 1 aromatic heterocycles. The number of hydrogen-bond acceptors (Lipinski definition) is 1. The second-order valence-corrected chi connectivity index (χ2v) is 5.87. The van der Waals surface area contributed by atoms with Crippen LogP contribution in [0.5, 0.6) is 0 Å². The van der Waals surface area contributed by atoms with Gasteiger partial charge in [-0.3, -0.25) is 0 Å². The minimum Gasteiger partial charge on any atom is -0.361 e. The lowest BCUT2D eigenvalue weighted by Crippen LogP contribution is -2.15. The fourth-order valence-corrected chi connectivity index (χ4v) is 3.26. The zero-order valence-corrected chi connectivity index (χ0v) is 11.6. The minimum atomic E-state index is 0.992. The zero-order chi connectivity index (χ0) is 12.9. The second-order valence-electron chi connectivity index (χ2n) is 5.87. The highest BCUT2D eigenvalue weighted by Crippen LogP contribution is 2.28. The van der Waals surface area contributed by atoms with Crippen molar-refractivity contribution in [1.29, 1.82) is 0 Å². The van der Waals surface area contributed by atoms with Crippen molar-refractivity contribution in [3.8, 4) is 0 Å². The van der Waals surface area contributed by atoms with E-state index in [1.54, 1.807) is 0 Å². The summed E-state index contributed by atoms with van der Waals surface area (Å²) in [6.07, 6.45) is 10.6. The third-order valence-corrected chi connectivity index (χ3v) is 4.39. The van der Waals surface area contributed by atoms with Gasteiger partial charge in [0, 0.05) is 18.3 Å². The Labute approximate surface area is 115 Å². The molecule has 2 aromatic rings. The maximum atomic E-state index is 3.57. The minimum absolute atomic E-state index is 0.992. The molecule has 2 nitrogen and oxygen atoms in total. The summed E-state index contributed by atoms with van der Waals surface area (Å²) >= 11 is 0. The van der Waals surface area contributed by atoms with Crippen LogP contribution in [-0.4, -0.2) is 11.5 Å². The Balaban J connectivity index is 1.39. The lowest BCUT2D eigenvalue weighted by molar-refractivity contribution is 0.470. The van der Waals surface area contributed by atoms with Gasteiger partial charge in [0.2, 0.25) is 0 Å². The molecule has 0 aliphatic heterocycles. The summed E-state index contributed by atoms with van der Waals surface area (Å²) in [6, 6.07) is 8.79. The molecular weight excluding hydrogens is 232 g/mol. The van der Waals surface area contributed by atoms with Crippen molar-refractivity contribution >= 4 is 10.9 Å². The van der Waals surface area contributed by atoms with Crippen LogP contribution in [0.4, 0.5) is 0 Å². The molecule has 19 heavy (non-hydrogen) atoms. The lowest BCUT2D eigenvalue weighted by atomic mass is 10.0. The van der Waals surface area contributed by atoms with Crippen molar-refractivity contribution in [2.45, 2.75) is 45.1 Å². The molecule has 0 bridgehead atoms. The topological polar surface area (TPSA) is 27.8 Å². The van der Waals surface area contributed by atoms with E-state index in [1.807, 2.05) is 6.20 Å². The Morgan fingerprint density at radius 2 is 2.05 bits per heavy atom. The van der Waals surface area contributed by atoms with E-state index in [9.17, 15) is 0 Å². The molecule has 3 rings (SSSR count). The maximum Gasteiger partial charge on any atom is 0.0454 e. The van der Waals surface area contributed by atoms with Crippen LogP contribution in [0.25, 0.3) is 10.9 Å². The fourth-order valence-electron chi connectivity index (χ4n) is 3.26. The van der Waals surface area contributed by atoms with Crippen LogP contribution in [0.2, 0.25) is 0 Å². The van der Waals surface area contributed by atoms with Gasteiger partial charge in [-0.05, 0) is 54.5 Å². The molecule has 0 saturated heterocycles. The van der Waals surface area contributed by atoms with Gasteiger partial charge in [0.05, 0.1) is 0 Å². The molecule has 1 aromatic carbocycles. The Kier molecular flexibility index (Phi) is 4.19. The zero-order valence-electron chi connectivity index (χ0n) is 11.6. The highest BCUT2D eigenvalue weighted by atomic mass is 14.8.